The first kappa shape index (κ1) is 28.9. The van der Waals surface area contributed by atoms with Gasteiger partial charge in [-0.15, -0.1) is 12.8 Å². The topological polar surface area (TPSA) is 115 Å². The van der Waals surface area contributed by atoms with Crippen LogP contribution in [0.25, 0.3) is 11.3 Å². The van der Waals surface area contributed by atoms with Crippen LogP contribution in [0.1, 0.15) is 12.5 Å². The van der Waals surface area contributed by atoms with Gasteiger partial charge in [0.05, 0.1) is 29.8 Å². The van der Waals surface area contributed by atoms with Crippen molar-refractivity contribution in [3.8, 4) is 24.1 Å². The summed E-state index contributed by atoms with van der Waals surface area (Å²) in [5.41, 5.74) is 4.38. The largest absolute Gasteiger partial charge is 0.375 e. The molecular weight excluding hydrogens is 482 g/mol. The second-order valence-electron chi connectivity index (χ2n) is 8.23. The van der Waals surface area contributed by atoms with Gasteiger partial charge < -0.3 is 14.5 Å². The lowest BCUT2D eigenvalue weighted by Crippen LogP contribution is -2.51. The number of carbonyl (C=O) groups excluding carboxylic acids is 2. The van der Waals surface area contributed by atoms with Gasteiger partial charge in [-0.3, -0.25) is 15.0 Å². The monoisotopic (exact) mass is 515 g/mol. The fourth-order valence-electron chi connectivity index (χ4n) is 3.61. The third-order valence-corrected chi connectivity index (χ3v) is 6.88. The van der Waals surface area contributed by atoms with E-state index in [1.165, 1.54) is 15.4 Å². The molecule has 2 atom stereocenters. The molecule has 2 heterocycles. The molecule has 194 valence electrons. The van der Waals surface area contributed by atoms with Gasteiger partial charge in [0.25, 0.3) is 5.91 Å². The summed E-state index contributed by atoms with van der Waals surface area (Å²) < 4.78 is 20.1. The van der Waals surface area contributed by atoms with Gasteiger partial charge in [0.15, 0.2) is 0 Å². The van der Waals surface area contributed by atoms with Crippen molar-refractivity contribution < 1.29 is 23.7 Å². The first-order valence-corrected chi connectivity index (χ1v) is 12.5. The van der Waals surface area contributed by atoms with Crippen LogP contribution in [0.3, 0.4) is 0 Å². The summed E-state index contributed by atoms with van der Waals surface area (Å²) in [6.45, 7) is 5.50. The number of likely N-dealkylation sites (N-methyl/N-ethyl adjacent to an activating group) is 1. The van der Waals surface area contributed by atoms with Crippen molar-refractivity contribution in [1.82, 2.24) is 24.6 Å². The molecule has 0 radical (unpaired) electrons. The SMILES string of the molecule is C#C.Cc1cccc(-c2ccc(S(=O)N(CCN(C)C(=O)N3CCOC(C)C3)CC(=O)NO)cn2)c1. The van der Waals surface area contributed by atoms with Gasteiger partial charge in [-0.05, 0) is 32.0 Å². The van der Waals surface area contributed by atoms with Gasteiger partial charge in [0.1, 0.15) is 11.0 Å². The zero-order valence-electron chi connectivity index (χ0n) is 20.8. The number of nitrogens with zero attached hydrogens (tertiary/aromatic N) is 4. The molecular formula is C25H33N5O5S. The normalized spacial score (nSPS) is 16.0. The second-order valence-corrected chi connectivity index (χ2v) is 9.71. The van der Waals surface area contributed by atoms with Gasteiger partial charge in [0, 0.05) is 45.0 Å². The number of terminal acetylenes is 1. The van der Waals surface area contributed by atoms with Crippen molar-refractivity contribution in [2.24, 2.45) is 0 Å². The minimum absolute atomic E-state index is 0.0291. The van der Waals surface area contributed by atoms with Gasteiger partial charge in [0.2, 0.25) is 0 Å². The van der Waals surface area contributed by atoms with Crippen molar-refractivity contribution in [2.75, 3.05) is 46.4 Å². The van der Waals surface area contributed by atoms with Crippen LogP contribution in [-0.4, -0.2) is 92.9 Å². The maximum Gasteiger partial charge on any atom is 0.319 e. The Morgan fingerprint density at radius 2 is 2.03 bits per heavy atom. The number of morpholine rings is 1. The van der Waals surface area contributed by atoms with E-state index in [2.05, 4.69) is 17.8 Å². The fourth-order valence-corrected chi connectivity index (χ4v) is 4.72. The van der Waals surface area contributed by atoms with Crippen molar-refractivity contribution in [3.05, 3.63) is 48.2 Å². The van der Waals surface area contributed by atoms with E-state index in [4.69, 9.17) is 9.94 Å². The Labute approximate surface area is 214 Å². The van der Waals surface area contributed by atoms with Crippen LogP contribution >= 0.6 is 0 Å². The Morgan fingerprint density at radius 3 is 2.64 bits per heavy atom. The second kappa shape index (κ2) is 14.3. The Balaban J connectivity index is 0.00000222. The number of hydroxylamine groups is 1. The predicted octanol–water partition coefficient (Wildman–Crippen LogP) is 1.91. The maximum atomic E-state index is 13.2. The number of hydrogen-bond donors (Lipinski definition) is 2. The smallest absolute Gasteiger partial charge is 0.319 e. The molecule has 1 fully saturated rings. The zero-order valence-corrected chi connectivity index (χ0v) is 21.6. The number of benzene rings is 1. The Morgan fingerprint density at radius 1 is 1.28 bits per heavy atom. The first-order chi connectivity index (χ1) is 17.3. The number of ether oxygens (including phenoxy) is 1. The third-order valence-electron chi connectivity index (χ3n) is 5.45. The molecule has 36 heavy (non-hydrogen) atoms. The highest BCUT2D eigenvalue weighted by Crippen LogP contribution is 2.20. The number of urea groups is 1. The minimum atomic E-state index is -1.73. The molecule has 2 unspecified atom stereocenters. The summed E-state index contributed by atoms with van der Waals surface area (Å²) in [5, 5.41) is 8.96. The Bertz CT molecular complexity index is 1060. The van der Waals surface area contributed by atoms with Crippen LogP contribution in [0.4, 0.5) is 4.79 Å². The standard InChI is InChI=1S/C23H31N5O5S.C2H2/c1-17-5-4-6-19(13-17)21-8-7-20(14-24-21)34(32)28(16-22(29)25-31)10-9-26(3)23(30)27-11-12-33-18(2)15-27;1-2/h4-8,13-14,18,31H,9-12,15-16H2,1-3H3,(H,25,29);1-2H. The predicted molar refractivity (Wildman–Crippen MR) is 137 cm³/mol. The molecule has 10 nitrogen and oxygen atoms in total. The van der Waals surface area contributed by atoms with Crippen molar-refractivity contribution in [1.29, 1.82) is 0 Å². The molecule has 1 aliphatic heterocycles. The molecule has 0 spiro atoms. The highest BCUT2D eigenvalue weighted by molar-refractivity contribution is 7.82. The van der Waals surface area contributed by atoms with Crippen molar-refractivity contribution in [3.63, 3.8) is 0 Å². The third kappa shape index (κ3) is 8.13. The number of pyridine rings is 1. The molecule has 3 amide bonds. The minimum Gasteiger partial charge on any atom is -0.375 e. The number of aryl methyl sites for hydroxylation is 1. The van der Waals surface area contributed by atoms with Gasteiger partial charge >= 0.3 is 6.03 Å². The molecule has 1 saturated heterocycles. The summed E-state index contributed by atoms with van der Waals surface area (Å²) in [7, 11) is -0.0646. The lowest BCUT2D eigenvalue weighted by molar-refractivity contribution is -0.129. The molecule has 0 saturated carbocycles. The molecule has 2 N–H and O–H groups in total. The van der Waals surface area contributed by atoms with E-state index < -0.39 is 16.9 Å². The zero-order chi connectivity index (χ0) is 26.7. The van der Waals surface area contributed by atoms with Crippen LogP contribution in [0.2, 0.25) is 0 Å². The average molecular weight is 516 g/mol. The number of nitrogens with one attached hydrogen (secondary N) is 1. The number of amides is 3. The van der Waals surface area contributed by atoms with Gasteiger partial charge in [-0.2, -0.15) is 0 Å². The Kier molecular flexibility index (Phi) is 11.5. The molecule has 3 rings (SSSR count). The van der Waals surface area contributed by atoms with Crippen LogP contribution in [0.15, 0.2) is 47.5 Å². The number of rotatable bonds is 8. The van der Waals surface area contributed by atoms with E-state index in [-0.39, 0.29) is 31.8 Å². The molecule has 1 aromatic carbocycles. The van der Waals surface area contributed by atoms with Gasteiger partial charge in [-0.1, -0.05) is 23.8 Å². The van der Waals surface area contributed by atoms with E-state index in [0.717, 1.165) is 16.8 Å². The fraction of sp³-hybridized carbons (Fsp3) is 0.400. The molecule has 2 aromatic rings. The number of hydrogen-bond acceptors (Lipinski definition) is 6. The molecule has 11 heteroatoms. The summed E-state index contributed by atoms with van der Waals surface area (Å²) in [6.07, 6.45) is 9.49. The highest BCUT2D eigenvalue weighted by atomic mass is 32.2. The van der Waals surface area contributed by atoms with Crippen molar-refractivity contribution >= 4 is 22.9 Å². The lowest BCUT2D eigenvalue weighted by atomic mass is 10.1. The van der Waals surface area contributed by atoms with E-state index in [0.29, 0.717) is 24.6 Å². The lowest BCUT2D eigenvalue weighted by Gasteiger charge is -2.34. The first-order valence-electron chi connectivity index (χ1n) is 11.4. The van der Waals surface area contributed by atoms with Crippen molar-refractivity contribution in [2.45, 2.75) is 24.8 Å². The van der Waals surface area contributed by atoms with Crippen LogP contribution in [-0.2, 0) is 20.5 Å². The van der Waals surface area contributed by atoms with E-state index in [1.54, 1.807) is 29.6 Å². The molecule has 0 aliphatic carbocycles. The summed E-state index contributed by atoms with van der Waals surface area (Å²) in [6, 6.07) is 11.2. The maximum absolute atomic E-state index is 13.2. The van der Waals surface area contributed by atoms with Crippen LogP contribution in [0, 0.1) is 19.8 Å². The summed E-state index contributed by atoms with van der Waals surface area (Å²) in [5.74, 6) is -0.700. The molecule has 1 aromatic heterocycles. The molecule has 1 aliphatic rings. The van der Waals surface area contributed by atoms with E-state index >= 15 is 0 Å². The van der Waals surface area contributed by atoms with Crippen LogP contribution < -0.4 is 5.48 Å². The quantitative estimate of drug-likeness (QED) is 0.315. The average Bonchev–Trinajstić information content (AvgIpc) is 2.91. The van der Waals surface area contributed by atoms with E-state index in [9.17, 15) is 13.8 Å². The number of carbonyl (C=O) groups is 2. The van der Waals surface area contributed by atoms with E-state index in [1.807, 2.05) is 38.1 Å². The van der Waals surface area contributed by atoms with Gasteiger partial charge in [-0.25, -0.2) is 18.8 Å². The van der Waals surface area contributed by atoms with Crippen LogP contribution in [0.5, 0.6) is 0 Å². The Hall–Kier alpha value is -3.30. The summed E-state index contributed by atoms with van der Waals surface area (Å²) in [4.78, 5) is 32.7. The number of aromatic nitrogens is 1. The molecule has 0 bridgehead atoms. The highest BCUT2D eigenvalue weighted by Gasteiger charge is 2.25. The summed E-state index contributed by atoms with van der Waals surface area (Å²) >= 11 is 0.